The molecule has 1 saturated carbocycles. The fourth-order valence-corrected chi connectivity index (χ4v) is 4.87. The van der Waals surface area contributed by atoms with Crippen molar-refractivity contribution in [3.63, 3.8) is 0 Å². The number of aromatic carboxylic acids is 1. The molecule has 2 aromatic rings. The van der Waals surface area contributed by atoms with Crippen molar-refractivity contribution in [1.29, 1.82) is 0 Å². The standard InChI is InChI=1S/C24H26ClN5O2/c25-19-8-4-5-9-21(19)27-22-18-12-16(15-6-2-1-3-7-15)10-11-20(18)28-24(29-22)30-14-17(13-26-30)23(31)32/h4,8,10-15,24,28H,1-3,5-7,9H2,(H,27,29)(H,31,32). The molecule has 1 atom stereocenters. The van der Waals surface area contributed by atoms with Gasteiger partial charge in [0.1, 0.15) is 5.84 Å². The van der Waals surface area contributed by atoms with E-state index in [-0.39, 0.29) is 5.56 Å². The first-order valence-electron chi connectivity index (χ1n) is 11.2. The number of aromatic nitrogens is 2. The number of rotatable bonds is 4. The summed E-state index contributed by atoms with van der Waals surface area (Å²) < 4.78 is 1.53. The van der Waals surface area contributed by atoms with Crippen molar-refractivity contribution in [3.05, 3.63) is 70.2 Å². The van der Waals surface area contributed by atoms with Crippen molar-refractivity contribution < 1.29 is 9.90 Å². The summed E-state index contributed by atoms with van der Waals surface area (Å²) in [6.45, 7) is 0. The second kappa shape index (κ2) is 8.82. The molecule has 1 aromatic heterocycles. The fourth-order valence-electron chi connectivity index (χ4n) is 4.64. The first kappa shape index (κ1) is 20.8. The zero-order valence-electron chi connectivity index (χ0n) is 17.7. The minimum Gasteiger partial charge on any atom is -0.478 e. The molecule has 5 rings (SSSR count). The third kappa shape index (κ3) is 4.17. The van der Waals surface area contributed by atoms with Gasteiger partial charge in [-0.2, -0.15) is 5.10 Å². The van der Waals surface area contributed by atoms with Gasteiger partial charge in [0.15, 0.2) is 0 Å². The number of carboxylic acids is 1. The Kier molecular flexibility index (Phi) is 5.74. The van der Waals surface area contributed by atoms with Crippen LogP contribution in [-0.2, 0) is 0 Å². The van der Waals surface area contributed by atoms with Gasteiger partial charge in [-0.15, -0.1) is 0 Å². The van der Waals surface area contributed by atoms with Crippen LogP contribution < -0.4 is 10.6 Å². The number of nitrogens with one attached hydrogen (secondary N) is 2. The zero-order valence-corrected chi connectivity index (χ0v) is 18.5. The van der Waals surface area contributed by atoms with E-state index >= 15 is 0 Å². The van der Waals surface area contributed by atoms with E-state index in [2.05, 4.69) is 40.0 Å². The number of allylic oxidation sites excluding steroid dienone is 4. The minimum atomic E-state index is -1.02. The van der Waals surface area contributed by atoms with E-state index in [1.165, 1.54) is 54.7 Å². The van der Waals surface area contributed by atoms with Gasteiger partial charge in [0.05, 0.1) is 16.8 Å². The summed E-state index contributed by atoms with van der Waals surface area (Å²) in [6, 6.07) is 6.53. The number of halogens is 1. The van der Waals surface area contributed by atoms with Crippen LogP contribution in [-0.4, -0.2) is 26.7 Å². The summed E-state index contributed by atoms with van der Waals surface area (Å²) in [4.78, 5) is 16.2. The Morgan fingerprint density at radius 1 is 1.25 bits per heavy atom. The van der Waals surface area contributed by atoms with Gasteiger partial charge in [-0.05, 0) is 55.4 Å². The molecule has 0 amide bonds. The highest BCUT2D eigenvalue weighted by atomic mass is 35.5. The Labute approximate surface area is 191 Å². The fraction of sp³-hybridized carbons (Fsp3) is 0.375. The molecule has 2 heterocycles. The highest BCUT2D eigenvalue weighted by molar-refractivity contribution is 6.31. The van der Waals surface area contributed by atoms with Crippen LogP contribution >= 0.6 is 11.6 Å². The smallest absolute Gasteiger partial charge is 0.338 e. The maximum absolute atomic E-state index is 11.3. The minimum absolute atomic E-state index is 0.123. The molecule has 166 valence electrons. The first-order valence-corrected chi connectivity index (χ1v) is 11.5. The van der Waals surface area contributed by atoms with Crippen molar-refractivity contribution in [3.8, 4) is 0 Å². The Balaban J connectivity index is 1.52. The topological polar surface area (TPSA) is 91.5 Å². The van der Waals surface area contributed by atoms with Gasteiger partial charge >= 0.3 is 5.97 Å². The summed E-state index contributed by atoms with van der Waals surface area (Å²) in [7, 11) is 0. The average Bonchev–Trinajstić information content (AvgIpc) is 3.32. The van der Waals surface area contributed by atoms with Crippen LogP contribution in [0.1, 0.15) is 78.6 Å². The summed E-state index contributed by atoms with van der Waals surface area (Å²) in [5, 5.41) is 21.0. The van der Waals surface area contributed by atoms with Crippen LogP contribution in [0.25, 0.3) is 0 Å². The maximum Gasteiger partial charge on any atom is 0.338 e. The Bertz CT molecular complexity index is 1130. The molecule has 1 aromatic carbocycles. The second-order valence-corrected chi connectivity index (χ2v) is 8.95. The van der Waals surface area contributed by atoms with E-state index in [4.69, 9.17) is 16.6 Å². The molecule has 1 aliphatic heterocycles. The molecule has 0 bridgehead atoms. The summed E-state index contributed by atoms with van der Waals surface area (Å²) >= 11 is 6.45. The molecular weight excluding hydrogens is 426 g/mol. The number of hydrogen-bond acceptors (Lipinski definition) is 5. The molecule has 3 N–H and O–H groups in total. The lowest BCUT2D eigenvalue weighted by molar-refractivity contribution is 0.0696. The highest BCUT2D eigenvalue weighted by Gasteiger charge is 2.26. The molecule has 8 heteroatoms. The lowest BCUT2D eigenvalue weighted by Crippen LogP contribution is -2.33. The average molecular weight is 452 g/mol. The molecule has 0 spiro atoms. The Morgan fingerprint density at radius 2 is 2.09 bits per heavy atom. The summed E-state index contributed by atoms with van der Waals surface area (Å²) in [6.07, 6.45) is 14.3. The monoisotopic (exact) mass is 451 g/mol. The van der Waals surface area contributed by atoms with Crippen LogP contribution in [0.15, 0.2) is 58.5 Å². The molecule has 7 nitrogen and oxygen atoms in total. The number of amidine groups is 1. The highest BCUT2D eigenvalue weighted by Crippen LogP contribution is 2.36. The third-order valence-corrected chi connectivity index (χ3v) is 6.75. The first-order chi connectivity index (χ1) is 15.6. The van der Waals surface area contributed by atoms with Crippen LogP contribution in [0.2, 0.25) is 0 Å². The van der Waals surface area contributed by atoms with E-state index in [0.29, 0.717) is 11.0 Å². The van der Waals surface area contributed by atoms with E-state index in [0.717, 1.165) is 35.6 Å². The second-order valence-electron chi connectivity index (χ2n) is 8.54. The van der Waals surface area contributed by atoms with Gasteiger partial charge < -0.3 is 15.7 Å². The van der Waals surface area contributed by atoms with Gasteiger partial charge in [-0.1, -0.05) is 43.0 Å². The van der Waals surface area contributed by atoms with Gasteiger partial charge in [0.25, 0.3) is 0 Å². The van der Waals surface area contributed by atoms with Crippen molar-refractivity contribution in [2.24, 2.45) is 4.99 Å². The van der Waals surface area contributed by atoms with E-state index < -0.39 is 12.3 Å². The normalized spacial score (nSPS) is 21.0. The van der Waals surface area contributed by atoms with Crippen molar-refractivity contribution >= 4 is 29.1 Å². The van der Waals surface area contributed by atoms with Crippen LogP contribution in [0, 0.1) is 0 Å². The molecule has 32 heavy (non-hydrogen) atoms. The van der Waals surface area contributed by atoms with E-state index in [9.17, 15) is 9.90 Å². The molecule has 1 unspecified atom stereocenters. The molecule has 2 aliphatic carbocycles. The Hall–Kier alpha value is -3.06. The molecule has 1 fully saturated rings. The number of nitrogens with zero attached hydrogens (tertiary/aromatic N) is 3. The predicted octanol–water partition coefficient (Wildman–Crippen LogP) is 5.35. The zero-order chi connectivity index (χ0) is 22.1. The lowest BCUT2D eigenvalue weighted by Gasteiger charge is -2.29. The summed E-state index contributed by atoms with van der Waals surface area (Å²) in [5.74, 6) is 0.285. The van der Waals surface area contributed by atoms with Gasteiger partial charge in [-0.25, -0.2) is 14.5 Å². The van der Waals surface area contributed by atoms with E-state index in [1.54, 1.807) is 0 Å². The molecular formula is C24H26ClN5O2. The third-order valence-electron chi connectivity index (χ3n) is 6.39. The van der Waals surface area contributed by atoms with Gasteiger partial charge in [0, 0.05) is 23.1 Å². The summed E-state index contributed by atoms with van der Waals surface area (Å²) in [5.41, 5.74) is 4.34. The lowest BCUT2D eigenvalue weighted by atomic mass is 9.83. The number of benzene rings is 1. The van der Waals surface area contributed by atoms with Crippen molar-refractivity contribution in [2.75, 3.05) is 5.32 Å². The molecule has 0 saturated heterocycles. The van der Waals surface area contributed by atoms with Crippen LogP contribution in [0.5, 0.6) is 0 Å². The number of aliphatic imine (C=N–C) groups is 1. The largest absolute Gasteiger partial charge is 0.478 e. The molecule has 3 aliphatic rings. The van der Waals surface area contributed by atoms with E-state index in [1.807, 2.05) is 6.08 Å². The van der Waals surface area contributed by atoms with Gasteiger partial charge in [0.2, 0.25) is 6.29 Å². The number of fused-ring (bicyclic) bond motifs is 1. The number of carboxylic acid groups (broad SMARTS) is 1. The number of hydrogen-bond donors (Lipinski definition) is 3. The SMILES string of the molecule is O=C(O)c1cnn(C2N=C(NC3=C(Cl)C=CCC3)c3cc(C4CCCCC4)ccc3N2)c1. The number of anilines is 1. The quantitative estimate of drug-likeness (QED) is 0.583. The van der Waals surface area contributed by atoms with Crippen molar-refractivity contribution in [2.45, 2.75) is 57.2 Å². The van der Waals surface area contributed by atoms with Crippen molar-refractivity contribution in [1.82, 2.24) is 15.1 Å². The maximum atomic E-state index is 11.3. The van der Waals surface area contributed by atoms with Crippen LogP contribution in [0.3, 0.4) is 0 Å². The van der Waals surface area contributed by atoms with Gasteiger partial charge in [-0.3, -0.25) is 0 Å². The number of carbonyl (C=O) groups is 1. The Morgan fingerprint density at radius 3 is 2.84 bits per heavy atom. The predicted molar refractivity (Wildman–Crippen MR) is 125 cm³/mol. The van der Waals surface area contributed by atoms with Crippen LogP contribution in [0.4, 0.5) is 5.69 Å². The molecule has 0 radical (unpaired) electrons.